The molecule has 1 N–H and O–H groups in total. The van der Waals surface area contributed by atoms with Gasteiger partial charge in [-0.2, -0.15) is 0 Å². The summed E-state index contributed by atoms with van der Waals surface area (Å²) in [6.45, 7) is 10.7. The summed E-state index contributed by atoms with van der Waals surface area (Å²) in [5, 5.41) is 3.30. The SMILES string of the molecule is CCN(CC)c1ccc(NCC(=O)N2CCCCC2)c(C)c1. The minimum absolute atomic E-state index is 0.215. The summed E-state index contributed by atoms with van der Waals surface area (Å²) in [7, 11) is 0. The highest BCUT2D eigenvalue weighted by Crippen LogP contribution is 2.22. The smallest absolute Gasteiger partial charge is 0.241 e. The number of hydrogen-bond donors (Lipinski definition) is 1. The molecular weight excluding hydrogens is 274 g/mol. The molecule has 0 bridgehead atoms. The van der Waals surface area contributed by atoms with Crippen LogP contribution in [0.15, 0.2) is 18.2 Å². The summed E-state index contributed by atoms with van der Waals surface area (Å²) in [5.41, 5.74) is 3.49. The molecule has 0 unspecified atom stereocenters. The van der Waals surface area contributed by atoms with Gasteiger partial charge in [-0.3, -0.25) is 4.79 Å². The Morgan fingerprint density at radius 2 is 1.86 bits per heavy atom. The lowest BCUT2D eigenvalue weighted by atomic mass is 10.1. The van der Waals surface area contributed by atoms with Crippen molar-refractivity contribution in [2.24, 2.45) is 0 Å². The Labute approximate surface area is 134 Å². The third-order valence-electron chi connectivity index (χ3n) is 4.48. The lowest BCUT2D eigenvalue weighted by Crippen LogP contribution is -2.39. The number of nitrogens with one attached hydrogen (secondary N) is 1. The minimum atomic E-state index is 0.215. The van der Waals surface area contributed by atoms with Crippen molar-refractivity contribution < 1.29 is 4.79 Å². The summed E-state index contributed by atoms with van der Waals surface area (Å²) in [6, 6.07) is 6.42. The van der Waals surface area contributed by atoms with Crippen LogP contribution < -0.4 is 10.2 Å². The fourth-order valence-electron chi connectivity index (χ4n) is 3.06. The maximum atomic E-state index is 12.2. The largest absolute Gasteiger partial charge is 0.376 e. The van der Waals surface area contributed by atoms with Gasteiger partial charge in [-0.15, -0.1) is 0 Å². The van der Waals surface area contributed by atoms with Gasteiger partial charge in [0.15, 0.2) is 0 Å². The predicted octanol–water partition coefficient (Wildman–Crippen LogP) is 3.27. The van der Waals surface area contributed by atoms with Crippen molar-refractivity contribution in [2.45, 2.75) is 40.0 Å². The second-order valence-electron chi connectivity index (χ2n) is 5.97. The average Bonchev–Trinajstić information content (AvgIpc) is 2.55. The number of benzene rings is 1. The normalized spacial score (nSPS) is 14.8. The van der Waals surface area contributed by atoms with E-state index >= 15 is 0 Å². The first-order valence-electron chi connectivity index (χ1n) is 8.53. The number of likely N-dealkylation sites (tertiary alicyclic amines) is 1. The van der Waals surface area contributed by atoms with Crippen LogP contribution in [0.3, 0.4) is 0 Å². The Bertz CT molecular complexity index is 491. The molecule has 1 saturated heterocycles. The van der Waals surface area contributed by atoms with E-state index in [1.165, 1.54) is 17.7 Å². The van der Waals surface area contributed by atoms with Gasteiger partial charge < -0.3 is 15.1 Å². The van der Waals surface area contributed by atoms with Crippen LogP contribution in [0.25, 0.3) is 0 Å². The van der Waals surface area contributed by atoms with Gasteiger partial charge in [0.2, 0.25) is 5.91 Å². The predicted molar refractivity (Wildman–Crippen MR) is 93.7 cm³/mol. The van der Waals surface area contributed by atoms with Crippen molar-refractivity contribution in [3.63, 3.8) is 0 Å². The first-order chi connectivity index (χ1) is 10.7. The molecule has 1 aliphatic heterocycles. The summed E-state index contributed by atoms with van der Waals surface area (Å²) >= 11 is 0. The standard InChI is InChI=1S/C18H29N3O/c1-4-20(5-2)16-9-10-17(15(3)13-16)19-14-18(22)21-11-7-6-8-12-21/h9-10,13,19H,4-8,11-12,14H2,1-3H3. The van der Waals surface area contributed by atoms with E-state index in [-0.39, 0.29) is 5.91 Å². The Morgan fingerprint density at radius 3 is 2.45 bits per heavy atom. The molecule has 1 aromatic rings. The van der Waals surface area contributed by atoms with Crippen molar-refractivity contribution in [3.05, 3.63) is 23.8 Å². The molecule has 22 heavy (non-hydrogen) atoms. The molecule has 0 aromatic heterocycles. The molecule has 0 atom stereocenters. The van der Waals surface area contributed by atoms with Crippen LogP contribution in [0.4, 0.5) is 11.4 Å². The van der Waals surface area contributed by atoms with E-state index in [0.717, 1.165) is 44.7 Å². The first-order valence-corrected chi connectivity index (χ1v) is 8.53. The molecule has 4 heteroatoms. The zero-order chi connectivity index (χ0) is 15.9. The van der Waals surface area contributed by atoms with Gasteiger partial charge in [0, 0.05) is 37.6 Å². The van der Waals surface area contributed by atoms with Gasteiger partial charge in [0.25, 0.3) is 0 Å². The molecular formula is C18H29N3O. The minimum Gasteiger partial charge on any atom is -0.376 e. The van der Waals surface area contributed by atoms with Gasteiger partial charge in [-0.1, -0.05) is 0 Å². The van der Waals surface area contributed by atoms with Crippen molar-refractivity contribution in [1.29, 1.82) is 0 Å². The van der Waals surface area contributed by atoms with Crippen molar-refractivity contribution in [2.75, 3.05) is 42.9 Å². The van der Waals surface area contributed by atoms with E-state index < -0.39 is 0 Å². The highest BCUT2D eigenvalue weighted by Gasteiger charge is 2.16. The fraction of sp³-hybridized carbons (Fsp3) is 0.611. The molecule has 1 heterocycles. The second-order valence-corrected chi connectivity index (χ2v) is 5.97. The number of aryl methyl sites for hydroxylation is 1. The van der Waals surface area contributed by atoms with Gasteiger partial charge in [-0.25, -0.2) is 0 Å². The maximum Gasteiger partial charge on any atom is 0.241 e. The topological polar surface area (TPSA) is 35.6 Å². The highest BCUT2D eigenvalue weighted by molar-refractivity contribution is 5.81. The molecule has 122 valence electrons. The monoisotopic (exact) mass is 303 g/mol. The number of amides is 1. The molecule has 4 nitrogen and oxygen atoms in total. The molecule has 0 spiro atoms. The summed E-state index contributed by atoms with van der Waals surface area (Å²) < 4.78 is 0. The lowest BCUT2D eigenvalue weighted by molar-refractivity contribution is -0.130. The molecule has 2 rings (SSSR count). The summed E-state index contributed by atoms with van der Waals surface area (Å²) in [5.74, 6) is 0.215. The zero-order valence-corrected chi connectivity index (χ0v) is 14.2. The van der Waals surface area contributed by atoms with Gasteiger partial charge >= 0.3 is 0 Å². The molecule has 0 radical (unpaired) electrons. The Hall–Kier alpha value is -1.71. The molecule has 1 aromatic carbocycles. The van der Waals surface area contributed by atoms with Crippen LogP contribution in [0, 0.1) is 6.92 Å². The number of hydrogen-bond acceptors (Lipinski definition) is 3. The van der Waals surface area contributed by atoms with Gasteiger partial charge in [-0.05, 0) is 63.8 Å². The van der Waals surface area contributed by atoms with E-state index in [1.54, 1.807) is 0 Å². The number of anilines is 2. The highest BCUT2D eigenvalue weighted by atomic mass is 16.2. The number of rotatable bonds is 6. The number of nitrogens with zero attached hydrogens (tertiary/aromatic N) is 2. The fourth-order valence-corrected chi connectivity index (χ4v) is 3.06. The van der Waals surface area contributed by atoms with Crippen LogP contribution in [0.1, 0.15) is 38.7 Å². The Balaban J connectivity index is 1.93. The lowest BCUT2D eigenvalue weighted by Gasteiger charge is -2.27. The van der Waals surface area contributed by atoms with Crippen LogP contribution in [0.5, 0.6) is 0 Å². The van der Waals surface area contributed by atoms with E-state index in [9.17, 15) is 4.79 Å². The molecule has 1 amide bonds. The van der Waals surface area contributed by atoms with Crippen LogP contribution >= 0.6 is 0 Å². The van der Waals surface area contributed by atoms with E-state index in [2.05, 4.69) is 49.2 Å². The first kappa shape index (κ1) is 16.7. The summed E-state index contributed by atoms with van der Waals surface area (Å²) in [4.78, 5) is 16.5. The van der Waals surface area contributed by atoms with Gasteiger partial charge in [0.05, 0.1) is 6.54 Å². The van der Waals surface area contributed by atoms with Gasteiger partial charge in [0.1, 0.15) is 0 Å². The van der Waals surface area contributed by atoms with E-state index in [4.69, 9.17) is 0 Å². The Kier molecular flexibility index (Phi) is 6.10. The molecule has 0 saturated carbocycles. The van der Waals surface area contributed by atoms with Crippen LogP contribution in [0.2, 0.25) is 0 Å². The number of carbonyl (C=O) groups excluding carboxylic acids is 1. The van der Waals surface area contributed by atoms with E-state index in [1.807, 2.05) is 4.90 Å². The van der Waals surface area contributed by atoms with Crippen LogP contribution in [-0.2, 0) is 4.79 Å². The molecule has 0 aliphatic carbocycles. The number of carbonyl (C=O) groups is 1. The van der Waals surface area contributed by atoms with E-state index in [0.29, 0.717) is 6.54 Å². The number of piperidine rings is 1. The maximum absolute atomic E-state index is 12.2. The molecule has 1 fully saturated rings. The zero-order valence-electron chi connectivity index (χ0n) is 14.2. The summed E-state index contributed by atoms with van der Waals surface area (Å²) in [6.07, 6.45) is 3.54. The second kappa shape index (κ2) is 8.06. The molecule has 1 aliphatic rings. The van der Waals surface area contributed by atoms with Crippen molar-refractivity contribution >= 4 is 17.3 Å². The van der Waals surface area contributed by atoms with Crippen molar-refractivity contribution in [1.82, 2.24) is 4.90 Å². The van der Waals surface area contributed by atoms with Crippen LogP contribution in [-0.4, -0.2) is 43.5 Å². The quantitative estimate of drug-likeness (QED) is 0.876. The van der Waals surface area contributed by atoms with Crippen molar-refractivity contribution in [3.8, 4) is 0 Å². The Morgan fingerprint density at radius 1 is 1.18 bits per heavy atom. The average molecular weight is 303 g/mol. The third-order valence-corrected chi connectivity index (χ3v) is 4.48. The third kappa shape index (κ3) is 4.15.